The molecule has 34 heavy (non-hydrogen) atoms. The van der Waals surface area contributed by atoms with E-state index in [4.69, 9.17) is 0 Å². The van der Waals surface area contributed by atoms with Gasteiger partial charge in [-0.3, -0.25) is 0 Å². The lowest BCUT2D eigenvalue weighted by Gasteiger charge is -2.29. The lowest BCUT2D eigenvalue weighted by Crippen LogP contribution is -2.41. The van der Waals surface area contributed by atoms with Crippen molar-refractivity contribution in [3.63, 3.8) is 0 Å². The van der Waals surface area contributed by atoms with Crippen LogP contribution in [0, 0.1) is 5.92 Å². The van der Waals surface area contributed by atoms with E-state index in [0.29, 0.717) is 24.5 Å². The van der Waals surface area contributed by atoms with Crippen molar-refractivity contribution in [2.24, 2.45) is 5.92 Å². The number of nitrogens with zero attached hydrogens (tertiary/aromatic N) is 3. The first-order valence-corrected chi connectivity index (χ1v) is 12.0. The normalized spacial score (nSPS) is 17.7. The average Bonchev–Trinajstić information content (AvgIpc) is 2.88. The van der Waals surface area contributed by atoms with Gasteiger partial charge in [0.2, 0.25) is 5.95 Å². The number of anilines is 2. The topological polar surface area (TPSA) is 82.2 Å². The molecule has 0 radical (unpaired) electrons. The summed E-state index contributed by atoms with van der Waals surface area (Å²) in [5.41, 5.74) is 2.13. The number of rotatable bonds is 8. The van der Waals surface area contributed by atoms with Crippen molar-refractivity contribution in [2.45, 2.75) is 37.8 Å². The van der Waals surface area contributed by atoms with E-state index in [9.17, 15) is 4.79 Å². The minimum absolute atomic E-state index is 0.133. The summed E-state index contributed by atoms with van der Waals surface area (Å²) in [7, 11) is 3.95. The van der Waals surface area contributed by atoms with Crippen LogP contribution >= 0.6 is 0 Å². The monoisotopic (exact) mass is 458 g/mol. The second-order valence-corrected chi connectivity index (χ2v) is 9.10. The Hall–Kier alpha value is -3.61. The zero-order valence-corrected chi connectivity index (χ0v) is 19.9. The van der Waals surface area contributed by atoms with Crippen molar-refractivity contribution < 1.29 is 4.79 Å². The number of aromatic nitrogens is 2. The van der Waals surface area contributed by atoms with Crippen molar-refractivity contribution in [1.82, 2.24) is 20.6 Å². The van der Waals surface area contributed by atoms with Gasteiger partial charge in [-0.15, -0.1) is 0 Å². The molecule has 3 N–H and O–H groups in total. The molecular weight excluding hydrogens is 424 g/mol. The molecule has 2 amide bonds. The van der Waals surface area contributed by atoms with Crippen LogP contribution in [0.1, 0.15) is 42.9 Å². The number of urea groups is 1. The Morgan fingerprint density at radius 2 is 1.56 bits per heavy atom. The minimum Gasteiger partial charge on any atom is -0.363 e. The number of amides is 2. The zero-order chi connectivity index (χ0) is 23.8. The van der Waals surface area contributed by atoms with Gasteiger partial charge in [0.15, 0.2) is 0 Å². The van der Waals surface area contributed by atoms with E-state index in [2.05, 4.69) is 25.9 Å². The van der Waals surface area contributed by atoms with Gasteiger partial charge in [0.1, 0.15) is 5.82 Å². The van der Waals surface area contributed by atoms with Crippen molar-refractivity contribution in [2.75, 3.05) is 30.9 Å². The van der Waals surface area contributed by atoms with Crippen LogP contribution in [-0.4, -0.2) is 42.7 Å². The van der Waals surface area contributed by atoms with Gasteiger partial charge in [-0.05, 0) is 48.8 Å². The summed E-state index contributed by atoms with van der Waals surface area (Å²) in [5.74, 6) is 2.05. The number of benzene rings is 2. The molecule has 0 bridgehead atoms. The summed E-state index contributed by atoms with van der Waals surface area (Å²) >= 11 is 0. The van der Waals surface area contributed by atoms with Gasteiger partial charge in [0, 0.05) is 32.9 Å². The minimum atomic E-state index is -0.180. The highest BCUT2D eigenvalue weighted by atomic mass is 16.2. The molecule has 0 atom stereocenters. The highest BCUT2D eigenvalue weighted by Crippen LogP contribution is 2.26. The third kappa shape index (κ3) is 6.47. The maximum Gasteiger partial charge on any atom is 0.315 e. The number of nitrogens with one attached hydrogen (secondary N) is 3. The maximum absolute atomic E-state index is 12.8. The highest BCUT2D eigenvalue weighted by Gasteiger charge is 2.23. The van der Waals surface area contributed by atoms with Crippen LogP contribution in [0.25, 0.3) is 0 Å². The van der Waals surface area contributed by atoms with Crippen molar-refractivity contribution in [1.29, 1.82) is 0 Å². The summed E-state index contributed by atoms with van der Waals surface area (Å²) in [4.78, 5) is 23.7. The third-order valence-corrected chi connectivity index (χ3v) is 6.37. The fraction of sp³-hybridized carbons (Fsp3) is 0.370. The van der Waals surface area contributed by atoms with Gasteiger partial charge in [-0.1, -0.05) is 60.7 Å². The van der Waals surface area contributed by atoms with Crippen LogP contribution < -0.4 is 20.9 Å². The first kappa shape index (κ1) is 23.5. The van der Waals surface area contributed by atoms with E-state index in [1.54, 1.807) is 6.20 Å². The summed E-state index contributed by atoms with van der Waals surface area (Å²) in [6.07, 6.45) is 6.00. The molecule has 178 valence electrons. The second kappa shape index (κ2) is 11.5. The van der Waals surface area contributed by atoms with E-state index in [0.717, 1.165) is 42.6 Å². The van der Waals surface area contributed by atoms with E-state index in [1.807, 2.05) is 85.7 Å². The molecule has 0 saturated heterocycles. The summed E-state index contributed by atoms with van der Waals surface area (Å²) < 4.78 is 0. The second-order valence-electron chi connectivity index (χ2n) is 9.10. The van der Waals surface area contributed by atoms with Crippen LogP contribution in [-0.2, 0) is 0 Å². The number of carbonyl (C=O) groups is 1. The molecule has 1 fully saturated rings. The van der Waals surface area contributed by atoms with Gasteiger partial charge in [0.05, 0.1) is 6.04 Å². The number of hydrogen-bond donors (Lipinski definition) is 3. The van der Waals surface area contributed by atoms with E-state index in [1.165, 1.54) is 0 Å². The smallest absolute Gasteiger partial charge is 0.315 e. The first-order chi connectivity index (χ1) is 16.6. The molecule has 2 aromatic carbocycles. The largest absolute Gasteiger partial charge is 0.363 e. The molecule has 3 aromatic rings. The van der Waals surface area contributed by atoms with Gasteiger partial charge in [-0.25, -0.2) is 9.78 Å². The van der Waals surface area contributed by atoms with Crippen molar-refractivity contribution in [3.05, 3.63) is 84.1 Å². The SMILES string of the molecule is CN(C)c1ccnc(N[C@H]2CC[C@@H](CNC(=O)NC(c3ccccc3)c3ccccc3)CC2)n1. The van der Waals surface area contributed by atoms with Crippen LogP contribution in [0.5, 0.6) is 0 Å². The summed E-state index contributed by atoms with van der Waals surface area (Å²) in [5, 5.41) is 9.74. The lowest BCUT2D eigenvalue weighted by molar-refractivity contribution is 0.233. The summed E-state index contributed by atoms with van der Waals surface area (Å²) in [6, 6.07) is 22.1. The summed E-state index contributed by atoms with van der Waals surface area (Å²) in [6.45, 7) is 0.682. The molecule has 0 spiro atoms. The quantitative estimate of drug-likeness (QED) is 0.460. The van der Waals surface area contributed by atoms with Crippen LogP contribution in [0.2, 0.25) is 0 Å². The van der Waals surface area contributed by atoms with Crippen LogP contribution in [0.3, 0.4) is 0 Å². The van der Waals surface area contributed by atoms with Crippen LogP contribution in [0.4, 0.5) is 16.6 Å². The Morgan fingerprint density at radius 3 is 2.15 bits per heavy atom. The molecule has 0 aliphatic heterocycles. The molecule has 7 heteroatoms. The fourth-order valence-electron chi connectivity index (χ4n) is 4.43. The molecule has 1 aliphatic carbocycles. The number of hydrogen-bond acceptors (Lipinski definition) is 5. The standard InChI is InChI=1S/C27H34N6O/c1-33(2)24-17-18-28-26(31-24)30-23-15-13-20(14-16-23)19-29-27(34)32-25(21-9-5-3-6-10-21)22-11-7-4-8-12-22/h3-12,17-18,20,23,25H,13-16,19H2,1-2H3,(H,28,30,31)(H2,29,32,34)/t20-,23+. The Bertz CT molecular complexity index is 996. The first-order valence-electron chi connectivity index (χ1n) is 12.0. The molecule has 1 aromatic heterocycles. The van der Waals surface area contributed by atoms with Crippen molar-refractivity contribution in [3.8, 4) is 0 Å². The Labute approximate surface area is 202 Å². The predicted octanol–water partition coefficient (Wildman–Crippen LogP) is 4.60. The number of carbonyl (C=O) groups excluding carboxylic acids is 1. The van der Waals surface area contributed by atoms with E-state index in [-0.39, 0.29) is 12.1 Å². The zero-order valence-electron chi connectivity index (χ0n) is 19.9. The fourth-order valence-corrected chi connectivity index (χ4v) is 4.43. The van der Waals surface area contributed by atoms with Crippen LogP contribution in [0.15, 0.2) is 72.9 Å². The molecule has 1 aliphatic rings. The van der Waals surface area contributed by atoms with Gasteiger partial charge >= 0.3 is 6.03 Å². The average molecular weight is 459 g/mol. The van der Waals surface area contributed by atoms with Gasteiger partial charge in [-0.2, -0.15) is 4.98 Å². The van der Waals surface area contributed by atoms with E-state index < -0.39 is 0 Å². The Morgan fingerprint density at radius 1 is 0.941 bits per heavy atom. The molecule has 7 nitrogen and oxygen atoms in total. The molecular formula is C27H34N6O. The predicted molar refractivity (Wildman–Crippen MR) is 137 cm³/mol. The van der Waals surface area contributed by atoms with Crippen molar-refractivity contribution >= 4 is 17.8 Å². The molecule has 4 rings (SSSR count). The van der Waals surface area contributed by atoms with Gasteiger partial charge in [0.25, 0.3) is 0 Å². The Balaban J connectivity index is 1.25. The molecule has 1 heterocycles. The van der Waals surface area contributed by atoms with Gasteiger partial charge < -0.3 is 20.9 Å². The Kier molecular flexibility index (Phi) is 7.96. The molecule has 1 saturated carbocycles. The third-order valence-electron chi connectivity index (χ3n) is 6.37. The van der Waals surface area contributed by atoms with E-state index >= 15 is 0 Å². The maximum atomic E-state index is 12.8. The highest BCUT2D eigenvalue weighted by molar-refractivity contribution is 5.75. The molecule has 0 unspecified atom stereocenters. The lowest BCUT2D eigenvalue weighted by atomic mass is 9.86.